The van der Waals surface area contributed by atoms with Gasteiger partial charge in [0.25, 0.3) is 0 Å². The van der Waals surface area contributed by atoms with Crippen LogP contribution in [0.2, 0.25) is 0 Å². The fourth-order valence-electron chi connectivity index (χ4n) is 2.10. The van der Waals surface area contributed by atoms with Crippen LogP contribution in [0.3, 0.4) is 0 Å². The molecule has 0 radical (unpaired) electrons. The van der Waals surface area contributed by atoms with Crippen LogP contribution in [0.15, 0.2) is 18.2 Å². The van der Waals surface area contributed by atoms with Gasteiger partial charge in [0.05, 0.1) is 5.69 Å². The fraction of sp³-hybridized carbons (Fsp3) is 0.400. The summed E-state index contributed by atoms with van der Waals surface area (Å²) < 4.78 is 1.72. The molecule has 3 nitrogen and oxygen atoms in total. The lowest BCUT2D eigenvalue weighted by molar-refractivity contribution is 0.471. The van der Waals surface area contributed by atoms with Gasteiger partial charge < -0.3 is 5.11 Å². The van der Waals surface area contributed by atoms with Gasteiger partial charge in [-0.2, -0.15) is 5.10 Å². The zero-order valence-corrected chi connectivity index (χ0v) is 11.5. The molecule has 96 valence electrons. The molecule has 0 spiro atoms. The minimum Gasteiger partial charge on any atom is -0.504 e. The van der Waals surface area contributed by atoms with Gasteiger partial charge in [0.15, 0.2) is 5.75 Å². The SMILES string of the molecule is CCc1cc(CC)cc(-c2nn(C)c(C)c2O)c1. The molecule has 1 N–H and O–H groups in total. The Bertz CT molecular complexity index is 548. The summed E-state index contributed by atoms with van der Waals surface area (Å²) in [6, 6.07) is 6.44. The van der Waals surface area contributed by atoms with E-state index in [0.717, 1.165) is 24.1 Å². The summed E-state index contributed by atoms with van der Waals surface area (Å²) in [5.74, 6) is 0.285. The molecule has 0 unspecified atom stereocenters. The van der Waals surface area contributed by atoms with Gasteiger partial charge in [0, 0.05) is 12.6 Å². The van der Waals surface area contributed by atoms with Crippen LogP contribution in [0.4, 0.5) is 0 Å². The van der Waals surface area contributed by atoms with Crippen LogP contribution in [0.5, 0.6) is 5.75 Å². The van der Waals surface area contributed by atoms with Crippen LogP contribution < -0.4 is 0 Å². The molecule has 0 bridgehead atoms. The summed E-state index contributed by atoms with van der Waals surface area (Å²) in [5, 5.41) is 14.5. The molecule has 0 aliphatic heterocycles. The van der Waals surface area contributed by atoms with E-state index in [1.54, 1.807) is 4.68 Å². The molecule has 2 aromatic rings. The highest BCUT2D eigenvalue weighted by molar-refractivity contribution is 5.68. The summed E-state index contributed by atoms with van der Waals surface area (Å²) in [7, 11) is 1.85. The monoisotopic (exact) mass is 244 g/mol. The predicted octanol–water partition coefficient (Wildman–Crippen LogP) is 3.23. The molecule has 0 saturated carbocycles. The minimum absolute atomic E-state index is 0.285. The van der Waals surface area contributed by atoms with Crippen molar-refractivity contribution in [1.82, 2.24) is 9.78 Å². The molecule has 0 fully saturated rings. The normalized spacial score (nSPS) is 10.9. The van der Waals surface area contributed by atoms with E-state index < -0.39 is 0 Å². The van der Waals surface area contributed by atoms with Crippen LogP contribution in [0.25, 0.3) is 11.3 Å². The lowest BCUT2D eigenvalue weighted by Crippen LogP contribution is -1.93. The van der Waals surface area contributed by atoms with E-state index in [-0.39, 0.29) is 5.75 Å². The molecule has 1 aromatic carbocycles. The Morgan fingerprint density at radius 2 is 1.67 bits per heavy atom. The second-order valence-electron chi connectivity index (χ2n) is 4.65. The van der Waals surface area contributed by atoms with E-state index in [1.165, 1.54) is 11.1 Å². The molecule has 0 aliphatic rings. The Kier molecular flexibility index (Phi) is 3.41. The number of hydrogen-bond donors (Lipinski definition) is 1. The Hall–Kier alpha value is -1.77. The van der Waals surface area contributed by atoms with Crippen molar-refractivity contribution in [2.45, 2.75) is 33.6 Å². The van der Waals surface area contributed by atoms with Gasteiger partial charge in [-0.05, 0) is 43.0 Å². The third-order valence-electron chi connectivity index (χ3n) is 3.44. The first kappa shape index (κ1) is 12.7. The highest BCUT2D eigenvalue weighted by Gasteiger charge is 2.14. The Morgan fingerprint density at radius 1 is 1.11 bits per heavy atom. The molecule has 3 heteroatoms. The maximum absolute atomic E-state index is 10.1. The van der Waals surface area contributed by atoms with E-state index in [2.05, 4.69) is 37.1 Å². The molecule has 1 aromatic heterocycles. The number of nitrogens with zero attached hydrogens (tertiary/aromatic N) is 2. The quantitative estimate of drug-likeness (QED) is 0.900. The van der Waals surface area contributed by atoms with E-state index >= 15 is 0 Å². The average molecular weight is 244 g/mol. The summed E-state index contributed by atoms with van der Waals surface area (Å²) in [4.78, 5) is 0. The number of hydrogen-bond acceptors (Lipinski definition) is 2. The Labute approximate surface area is 108 Å². The standard InChI is InChI=1S/C15H20N2O/c1-5-11-7-12(6-2)9-13(8-11)14-15(18)10(3)17(4)16-14/h7-9,18H,5-6H2,1-4H3. The van der Waals surface area contributed by atoms with E-state index in [0.29, 0.717) is 5.69 Å². The molecule has 0 aliphatic carbocycles. The number of aromatic nitrogens is 2. The van der Waals surface area contributed by atoms with Gasteiger partial charge in [0.1, 0.15) is 5.69 Å². The van der Waals surface area contributed by atoms with Crippen molar-refractivity contribution >= 4 is 0 Å². The topological polar surface area (TPSA) is 38.0 Å². The average Bonchev–Trinajstić information content (AvgIpc) is 2.65. The first-order valence-corrected chi connectivity index (χ1v) is 6.42. The van der Waals surface area contributed by atoms with Crippen LogP contribution in [-0.4, -0.2) is 14.9 Å². The van der Waals surface area contributed by atoms with Crippen LogP contribution in [-0.2, 0) is 19.9 Å². The zero-order chi connectivity index (χ0) is 13.3. The summed E-state index contributed by atoms with van der Waals surface area (Å²) in [6.45, 7) is 6.15. The van der Waals surface area contributed by atoms with E-state index in [4.69, 9.17) is 0 Å². The molecule has 1 heterocycles. The van der Waals surface area contributed by atoms with Gasteiger partial charge in [-0.3, -0.25) is 4.68 Å². The molecule has 0 amide bonds. The largest absolute Gasteiger partial charge is 0.504 e. The van der Waals surface area contributed by atoms with Crippen molar-refractivity contribution in [1.29, 1.82) is 0 Å². The van der Waals surface area contributed by atoms with E-state index in [9.17, 15) is 5.11 Å². The second-order valence-corrected chi connectivity index (χ2v) is 4.65. The first-order valence-electron chi connectivity index (χ1n) is 6.42. The number of aromatic hydroxyl groups is 1. The summed E-state index contributed by atoms with van der Waals surface area (Å²) in [6.07, 6.45) is 1.99. The van der Waals surface area contributed by atoms with Gasteiger partial charge in [-0.1, -0.05) is 19.9 Å². The third kappa shape index (κ3) is 2.13. The van der Waals surface area contributed by atoms with Crippen molar-refractivity contribution in [2.75, 3.05) is 0 Å². The minimum atomic E-state index is 0.285. The maximum atomic E-state index is 10.1. The molecular formula is C15H20N2O. The maximum Gasteiger partial charge on any atom is 0.164 e. The van der Waals surface area contributed by atoms with Crippen molar-refractivity contribution in [3.63, 3.8) is 0 Å². The van der Waals surface area contributed by atoms with Crippen molar-refractivity contribution in [3.8, 4) is 17.0 Å². The molecular weight excluding hydrogens is 224 g/mol. The van der Waals surface area contributed by atoms with Gasteiger partial charge in [-0.15, -0.1) is 0 Å². The Balaban J connectivity index is 2.59. The second kappa shape index (κ2) is 4.84. The van der Waals surface area contributed by atoms with Crippen molar-refractivity contribution in [3.05, 3.63) is 35.0 Å². The molecule has 0 atom stereocenters. The lowest BCUT2D eigenvalue weighted by Gasteiger charge is -2.06. The Morgan fingerprint density at radius 3 is 2.06 bits per heavy atom. The first-order chi connectivity index (χ1) is 8.56. The lowest BCUT2D eigenvalue weighted by atomic mass is 10.0. The third-order valence-corrected chi connectivity index (χ3v) is 3.44. The van der Waals surface area contributed by atoms with Crippen LogP contribution in [0.1, 0.15) is 30.7 Å². The van der Waals surface area contributed by atoms with E-state index in [1.807, 2.05) is 14.0 Å². The van der Waals surface area contributed by atoms with Crippen molar-refractivity contribution in [2.24, 2.45) is 7.05 Å². The summed E-state index contributed by atoms with van der Waals surface area (Å²) in [5.41, 5.74) is 5.05. The number of benzene rings is 1. The molecule has 2 rings (SSSR count). The van der Waals surface area contributed by atoms with Gasteiger partial charge in [-0.25, -0.2) is 0 Å². The molecule has 0 saturated heterocycles. The number of aryl methyl sites for hydroxylation is 3. The zero-order valence-electron chi connectivity index (χ0n) is 11.5. The highest BCUT2D eigenvalue weighted by atomic mass is 16.3. The molecule has 18 heavy (non-hydrogen) atoms. The smallest absolute Gasteiger partial charge is 0.164 e. The van der Waals surface area contributed by atoms with Crippen LogP contribution in [0, 0.1) is 6.92 Å². The highest BCUT2D eigenvalue weighted by Crippen LogP contribution is 2.32. The summed E-state index contributed by atoms with van der Waals surface area (Å²) >= 11 is 0. The fourth-order valence-corrected chi connectivity index (χ4v) is 2.10. The van der Waals surface area contributed by atoms with Crippen molar-refractivity contribution < 1.29 is 5.11 Å². The van der Waals surface area contributed by atoms with Gasteiger partial charge in [0.2, 0.25) is 0 Å². The van der Waals surface area contributed by atoms with Crippen LogP contribution >= 0.6 is 0 Å². The number of rotatable bonds is 3. The predicted molar refractivity (Wildman–Crippen MR) is 73.8 cm³/mol. The van der Waals surface area contributed by atoms with Gasteiger partial charge >= 0.3 is 0 Å².